The Morgan fingerprint density at radius 1 is 1.13 bits per heavy atom. The van der Waals surface area contributed by atoms with Gasteiger partial charge in [0.2, 0.25) is 0 Å². The zero-order chi connectivity index (χ0) is 11.4. The summed E-state index contributed by atoms with van der Waals surface area (Å²) in [6.07, 6.45) is 1.18. The van der Waals surface area contributed by atoms with Crippen molar-refractivity contribution in [3.63, 3.8) is 0 Å². The van der Waals surface area contributed by atoms with E-state index in [0.717, 1.165) is 5.92 Å². The number of halogens is 1. The van der Waals surface area contributed by atoms with Gasteiger partial charge < -0.3 is 0 Å². The lowest BCUT2D eigenvalue weighted by molar-refractivity contribution is 0.645. The molecule has 0 aliphatic heterocycles. The molecule has 15 heavy (non-hydrogen) atoms. The van der Waals surface area contributed by atoms with Gasteiger partial charge in [-0.3, -0.25) is 0 Å². The predicted molar refractivity (Wildman–Crippen MR) is 71.8 cm³/mol. The molecule has 0 bridgehead atoms. The minimum Gasteiger partial charge on any atom is -0.0887 e. The maximum Gasteiger partial charge on any atom is 0.0183 e. The molecule has 0 fully saturated rings. The predicted octanol–water partition coefficient (Wildman–Crippen LogP) is 4.77. The summed E-state index contributed by atoms with van der Waals surface area (Å²) in [6.45, 7) is 9.01. The summed E-state index contributed by atoms with van der Waals surface area (Å²) in [6, 6.07) is 8.99. The average molecular weight is 269 g/mol. The van der Waals surface area contributed by atoms with Gasteiger partial charge in [0.1, 0.15) is 0 Å². The molecule has 0 amide bonds. The molecule has 1 aromatic carbocycles. The summed E-state index contributed by atoms with van der Waals surface area (Å²) in [5.74, 6) is 1.31. The van der Waals surface area contributed by atoms with Crippen LogP contribution < -0.4 is 0 Å². The molecule has 0 aliphatic carbocycles. The highest BCUT2D eigenvalue weighted by molar-refractivity contribution is 9.09. The minimum atomic E-state index is 0.534. The van der Waals surface area contributed by atoms with Gasteiger partial charge in [-0.2, -0.15) is 0 Å². The first-order valence-electron chi connectivity index (χ1n) is 5.73. The molecule has 0 aromatic heterocycles. The molecule has 0 spiro atoms. The number of rotatable bonds is 4. The Labute approximate surface area is 102 Å². The van der Waals surface area contributed by atoms with Crippen molar-refractivity contribution in [3.8, 4) is 0 Å². The lowest BCUT2D eigenvalue weighted by Crippen LogP contribution is -2.05. The Balaban J connectivity index is 2.82. The van der Waals surface area contributed by atoms with Crippen LogP contribution in [0.4, 0.5) is 0 Å². The molecular formula is C14H21Br. The van der Waals surface area contributed by atoms with E-state index in [1.807, 2.05) is 0 Å². The van der Waals surface area contributed by atoms with Crippen molar-refractivity contribution in [1.29, 1.82) is 0 Å². The Bertz CT molecular complexity index is 302. The van der Waals surface area contributed by atoms with E-state index in [9.17, 15) is 0 Å². The monoisotopic (exact) mass is 268 g/mol. The fourth-order valence-electron chi connectivity index (χ4n) is 1.74. The molecule has 2 unspecified atom stereocenters. The second kappa shape index (κ2) is 5.69. The fraction of sp³-hybridized carbons (Fsp3) is 0.571. The fourth-order valence-corrected chi connectivity index (χ4v) is 2.05. The highest BCUT2D eigenvalue weighted by Gasteiger charge is 2.11. The summed E-state index contributed by atoms with van der Waals surface area (Å²) >= 11 is 3.65. The molecule has 0 nitrogen and oxygen atoms in total. The van der Waals surface area contributed by atoms with Gasteiger partial charge >= 0.3 is 0 Å². The van der Waals surface area contributed by atoms with E-state index in [1.165, 1.54) is 17.5 Å². The van der Waals surface area contributed by atoms with E-state index in [0.29, 0.717) is 10.7 Å². The number of hydrogen-bond acceptors (Lipinski definition) is 0. The number of benzene rings is 1. The van der Waals surface area contributed by atoms with Crippen molar-refractivity contribution in [2.24, 2.45) is 5.92 Å². The van der Waals surface area contributed by atoms with Gasteiger partial charge in [0.05, 0.1) is 0 Å². The molecule has 1 heteroatoms. The molecule has 1 rings (SSSR count). The van der Waals surface area contributed by atoms with Crippen LogP contribution in [-0.4, -0.2) is 4.83 Å². The Morgan fingerprint density at radius 2 is 1.80 bits per heavy atom. The molecular weight excluding hydrogens is 248 g/mol. The molecule has 0 radical (unpaired) electrons. The summed E-state index contributed by atoms with van der Waals surface area (Å²) in [7, 11) is 0. The lowest BCUT2D eigenvalue weighted by Gasteiger charge is -2.16. The topological polar surface area (TPSA) is 0 Å². The highest BCUT2D eigenvalue weighted by Crippen LogP contribution is 2.25. The maximum atomic E-state index is 3.65. The van der Waals surface area contributed by atoms with Crippen LogP contribution in [-0.2, 0) is 6.42 Å². The molecule has 0 saturated carbocycles. The van der Waals surface area contributed by atoms with Crippen LogP contribution >= 0.6 is 15.9 Å². The molecule has 0 heterocycles. The molecule has 0 N–H and O–H groups in total. The van der Waals surface area contributed by atoms with Crippen LogP contribution in [0.5, 0.6) is 0 Å². The van der Waals surface area contributed by atoms with Crippen LogP contribution in [0.25, 0.3) is 0 Å². The van der Waals surface area contributed by atoms with Crippen LogP contribution in [0.1, 0.15) is 44.7 Å². The first-order chi connectivity index (χ1) is 7.00. The summed E-state index contributed by atoms with van der Waals surface area (Å²) in [5.41, 5.74) is 2.90. The first-order valence-corrected chi connectivity index (χ1v) is 6.65. The van der Waals surface area contributed by atoms with Gasteiger partial charge in [-0.1, -0.05) is 67.9 Å². The highest BCUT2D eigenvalue weighted by atomic mass is 79.9. The van der Waals surface area contributed by atoms with Crippen molar-refractivity contribution in [1.82, 2.24) is 0 Å². The van der Waals surface area contributed by atoms with Gasteiger partial charge in [0, 0.05) is 4.83 Å². The molecule has 0 aliphatic rings. The summed E-state index contributed by atoms with van der Waals surface area (Å²) in [4.78, 5) is 0.534. The average Bonchev–Trinajstić information content (AvgIpc) is 2.16. The van der Waals surface area contributed by atoms with Crippen LogP contribution in [0.3, 0.4) is 0 Å². The third-order valence-electron chi connectivity index (χ3n) is 2.81. The van der Waals surface area contributed by atoms with Crippen molar-refractivity contribution in [3.05, 3.63) is 35.4 Å². The third kappa shape index (κ3) is 3.98. The van der Waals surface area contributed by atoms with Gasteiger partial charge in [-0.15, -0.1) is 0 Å². The minimum absolute atomic E-state index is 0.534. The Kier molecular flexibility index (Phi) is 4.85. The van der Waals surface area contributed by atoms with E-state index < -0.39 is 0 Å². The zero-order valence-corrected chi connectivity index (χ0v) is 11.7. The van der Waals surface area contributed by atoms with Crippen molar-refractivity contribution in [2.75, 3.05) is 0 Å². The Morgan fingerprint density at radius 3 is 2.33 bits per heavy atom. The van der Waals surface area contributed by atoms with Crippen molar-refractivity contribution >= 4 is 15.9 Å². The SMILES string of the molecule is CC(C)Cc1cccc(C(C)C(C)Br)c1. The van der Waals surface area contributed by atoms with Crippen LogP contribution in [0, 0.1) is 5.92 Å². The number of hydrogen-bond donors (Lipinski definition) is 0. The molecule has 84 valence electrons. The molecule has 0 saturated heterocycles. The van der Waals surface area contributed by atoms with Crippen molar-refractivity contribution < 1.29 is 0 Å². The second-order valence-electron chi connectivity index (χ2n) is 4.81. The van der Waals surface area contributed by atoms with E-state index in [4.69, 9.17) is 0 Å². The van der Waals surface area contributed by atoms with E-state index >= 15 is 0 Å². The summed E-state index contributed by atoms with van der Waals surface area (Å²) < 4.78 is 0. The lowest BCUT2D eigenvalue weighted by atomic mass is 9.94. The van der Waals surface area contributed by atoms with Crippen LogP contribution in [0.15, 0.2) is 24.3 Å². The first kappa shape index (κ1) is 12.8. The standard InChI is InChI=1S/C14H21Br/c1-10(2)8-13-6-5-7-14(9-13)11(3)12(4)15/h5-7,9-12H,8H2,1-4H3. The second-order valence-corrected chi connectivity index (χ2v) is 6.25. The quantitative estimate of drug-likeness (QED) is 0.690. The van der Waals surface area contributed by atoms with Gasteiger partial charge in [-0.25, -0.2) is 0 Å². The summed E-state index contributed by atoms with van der Waals surface area (Å²) in [5, 5.41) is 0. The zero-order valence-electron chi connectivity index (χ0n) is 10.1. The smallest absolute Gasteiger partial charge is 0.0183 e. The van der Waals surface area contributed by atoms with E-state index in [-0.39, 0.29) is 0 Å². The van der Waals surface area contributed by atoms with Gasteiger partial charge in [0.25, 0.3) is 0 Å². The third-order valence-corrected chi connectivity index (χ3v) is 3.60. The largest absolute Gasteiger partial charge is 0.0887 e. The van der Waals surface area contributed by atoms with Crippen molar-refractivity contribution in [2.45, 2.75) is 44.9 Å². The van der Waals surface area contributed by atoms with Gasteiger partial charge in [0.15, 0.2) is 0 Å². The Hall–Kier alpha value is -0.300. The van der Waals surface area contributed by atoms with Gasteiger partial charge in [-0.05, 0) is 29.4 Å². The van der Waals surface area contributed by atoms with E-state index in [1.54, 1.807) is 0 Å². The molecule has 2 atom stereocenters. The molecule has 1 aromatic rings. The van der Waals surface area contributed by atoms with E-state index in [2.05, 4.69) is 67.9 Å². The normalized spacial score (nSPS) is 15.3. The number of alkyl halides is 1. The maximum absolute atomic E-state index is 3.65. The van der Waals surface area contributed by atoms with Crippen LogP contribution in [0.2, 0.25) is 0 Å².